The lowest BCUT2D eigenvalue weighted by Gasteiger charge is -2.26. The summed E-state index contributed by atoms with van der Waals surface area (Å²) in [4.78, 5) is 38.0. The van der Waals surface area contributed by atoms with Gasteiger partial charge in [0.2, 0.25) is 15.9 Å². The number of rotatable bonds is 7. The molecule has 2 aliphatic rings. The monoisotopic (exact) mass is 453 g/mol. The molecule has 0 bridgehead atoms. The first-order valence-corrected chi connectivity index (χ1v) is 11.6. The molecule has 0 spiro atoms. The molecule has 0 radical (unpaired) electrons. The van der Waals surface area contributed by atoms with Gasteiger partial charge in [0.1, 0.15) is 0 Å². The van der Waals surface area contributed by atoms with Gasteiger partial charge in [0.25, 0.3) is 5.91 Å². The summed E-state index contributed by atoms with van der Waals surface area (Å²) >= 11 is 0. The Morgan fingerprint density at radius 3 is 2.61 bits per heavy atom. The van der Waals surface area contributed by atoms with Crippen molar-refractivity contribution in [2.75, 3.05) is 44.8 Å². The van der Waals surface area contributed by atoms with E-state index in [0.29, 0.717) is 13.2 Å². The highest BCUT2D eigenvalue weighted by Crippen LogP contribution is 2.22. The summed E-state index contributed by atoms with van der Waals surface area (Å²) in [5, 5.41) is 2.54. The highest BCUT2D eigenvalue weighted by molar-refractivity contribution is 7.89. The van der Waals surface area contributed by atoms with Gasteiger partial charge in [-0.25, -0.2) is 8.42 Å². The summed E-state index contributed by atoms with van der Waals surface area (Å²) in [6.07, 6.45) is 0.0695. The van der Waals surface area contributed by atoms with Gasteiger partial charge in [0.05, 0.1) is 24.0 Å². The number of amides is 2. The van der Waals surface area contributed by atoms with Gasteiger partial charge in [-0.3, -0.25) is 14.4 Å². The number of likely N-dealkylation sites (tertiary alicyclic amines) is 1. The summed E-state index contributed by atoms with van der Waals surface area (Å²) in [6, 6.07) is 5.89. The molecule has 2 heterocycles. The zero-order valence-corrected chi connectivity index (χ0v) is 18.4. The lowest BCUT2D eigenvalue weighted by Crippen LogP contribution is -2.40. The van der Waals surface area contributed by atoms with Gasteiger partial charge in [-0.15, -0.1) is 0 Å². The van der Waals surface area contributed by atoms with E-state index in [9.17, 15) is 22.8 Å². The Hall–Kier alpha value is -2.50. The molecule has 31 heavy (non-hydrogen) atoms. The van der Waals surface area contributed by atoms with Gasteiger partial charge < -0.3 is 19.7 Å². The molecule has 0 aromatic heterocycles. The Kier molecular flexibility index (Phi) is 7.29. The quantitative estimate of drug-likeness (QED) is 0.595. The molecule has 2 aliphatic heterocycles. The maximum atomic E-state index is 12.7. The molecule has 2 amide bonds. The Balaban J connectivity index is 1.55. The minimum Gasteiger partial charge on any atom is -0.455 e. The summed E-state index contributed by atoms with van der Waals surface area (Å²) in [6.45, 7) is 4.70. The number of carbonyl (C=O) groups is 3. The molecule has 1 aromatic carbocycles. The maximum absolute atomic E-state index is 12.7. The third-order valence-electron chi connectivity index (χ3n) is 5.19. The van der Waals surface area contributed by atoms with Crippen LogP contribution in [0, 0.1) is 5.92 Å². The fourth-order valence-electron chi connectivity index (χ4n) is 3.51. The molecule has 11 heteroatoms. The molecular weight excluding hydrogens is 426 g/mol. The first-order chi connectivity index (χ1) is 14.7. The number of hydrogen-bond acceptors (Lipinski definition) is 7. The molecule has 0 aliphatic carbocycles. The number of hydrogen-bond donors (Lipinski definition) is 1. The standard InChI is InChI=1S/C20H27N3O7S/c1-14(2)23-12-15(10-19(23)25)20(26)30-13-18(24)21-16-4-3-5-17(11-16)31(27,28)22-6-8-29-9-7-22/h3-5,11,14-15H,6-10,12-13H2,1-2H3,(H,21,24). The third-order valence-corrected chi connectivity index (χ3v) is 7.08. The number of sulfonamides is 1. The first kappa shape index (κ1) is 23.2. The van der Waals surface area contributed by atoms with Crippen molar-refractivity contribution in [3.63, 3.8) is 0 Å². The van der Waals surface area contributed by atoms with E-state index >= 15 is 0 Å². The van der Waals surface area contributed by atoms with E-state index in [1.807, 2.05) is 13.8 Å². The van der Waals surface area contributed by atoms with E-state index in [4.69, 9.17) is 9.47 Å². The molecule has 1 N–H and O–H groups in total. The summed E-state index contributed by atoms with van der Waals surface area (Å²) in [5.41, 5.74) is 0.275. The van der Waals surface area contributed by atoms with Gasteiger partial charge in [-0.2, -0.15) is 4.31 Å². The Morgan fingerprint density at radius 1 is 1.26 bits per heavy atom. The van der Waals surface area contributed by atoms with Gasteiger partial charge in [-0.1, -0.05) is 6.07 Å². The first-order valence-electron chi connectivity index (χ1n) is 10.1. The van der Waals surface area contributed by atoms with Crippen LogP contribution in [-0.2, 0) is 33.9 Å². The van der Waals surface area contributed by atoms with E-state index < -0.39 is 34.4 Å². The van der Waals surface area contributed by atoms with Crippen molar-refractivity contribution in [3.05, 3.63) is 24.3 Å². The number of nitrogens with one attached hydrogen (secondary N) is 1. The minimum absolute atomic E-state index is 0.00498. The van der Waals surface area contributed by atoms with Gasteiger partial charge in [0.15, 0.2) is 6.61 Å². The highest BCUT2D eigenvalue weighted by atomic mass is 32.2. The van der Waals surface area contributed by atoms with Crippen molar-refractivity contribution in [3.8, 4) is 0 Å². The summed E-state index contributed by atoms with van der Waals surface area (Å²) in [5.74, 6) is -1.90. The molecule has 1 unspecified atom stereocenters. The molecule has 2 fully saturated rings. The van der Waals surface area contributed by atoms with Crippen molar-refractivity contribution in [1.29, 1.82) is 0 Å². The normalized spacial score (nSPS) is 20.2. The van der Waals surface area contributed by atoms with Crippen LogP contribution in [0.25, 0.3) is 0 Å². The predicted octanol–water partition coefficient (Wildman–Crippen LogP) is 0.446. The Bertz CT molecular complexity index is 942. The number of benzene rings is 1. The molecule has 2 saturated heterocycles. The highest BCUT2D eigenvalue weighted by Gasteiger charge is 2.36. The van der Waals surface area contributed by atoms with Crippen molar-refractivity contribution in [1.82, 2.24) is 9.21 Å². The summed E-state index contributed by atoms with van der Waals surface area (Å²) in [7, 11) is -3.69. The van der Waals surface area contributed by atoms with Gasteiger partial charge >= 0.3 is 5.97 Å². The molecule has 1 atom stereocenters. The van der Waals surface area contributed by atoms with E-state index in [-0.39, 0.29) is 48.6 Å². The molecule has 170 valence electrons. The van der Waals surface area contributed by atoms with E-state index in [1.54, 1.807) is 11.0 Å². The van der Waals surface area contributed by atoms with Crippen LogP contribution in [0.4, 0.5) is 5.69 Å². The Morgan fingerprint density at radius 2 is 1.97 bits per heavy atom. The van der Waals surface area contributed by atoms with Crippen molar-refractivity contribution >= 4 is 33.5 Å². The lowest BCUT2D eigenvalue weighted by molar-refractivity contribution is -0.151. The van der Waals surface area contributed by atoms with Crippen LogP contribution in [-0.4, -0.2) is 80.9 Å². The van der Waals surface area contributed by atoms with Crippen LogP contribution in [0.15, 0.2) is 29.2 Å². The second-order valence-corrected chi connectivity index (χ2v) is 9.68. The molecule has 3 rings (SSSR count). The predicted molar refractivity (Wildman–Crippen MR) is 111 cm³/mol. The average Bonchev–Trinajstić information content (AvgIpc) is 3.15. The fraction of sp³-hybridized carbons (Fsp3) is 0.550. The van der Waals surface area contributed by atoms with Gasteiger partial charge in [-0.05, 0) is 32.0 Å². The van der Waals surface area contributed by atoms with Crippen molar-refractivity contribution in [2.24, 2.45) is 5.92 Å². The number of esters is 1. The molecule has 1 aromatic rings. The van der Waals surface area contributed by atoms with E-state index in [2.05, 4.69) is 5.32 Å². The van der Waals surface area contributed by atoms with E-state index in [1.165, 1.54) is 22.5 Å². The largest absolute Gasteiger partial charge is 0.455 e. The van der Waals surface area contributed by atoms with Crippen LogP contribution in [0.3, 0.4) is 0 Å². The van der Waals surface area contributed by atoms with Crippen molar-refractivity contribution in [2.45, 2.75) is 31.2 Å². The van der Waals surface area contributed by atoms with Crippen LogP contribution in [0.2, 0.25) is 0 Å². The SMILES string of the molecule is CC(C)N1CC(C(=O)OCC(=O)Nc2cccc(S(=O)(=O)N3CCOCC3)c2)CC1=O. The maximum Gasteiger partial charge on any atom is 0.311 e. The zero-order valence-electron chi connectivity index (χ0n) is 17.6. The van der Waals surface area contributed by atoms with Crippen molar-refractivity contribution < 1.29 is 32.3 Å². The number of morpholine rings is 1. The second-order valence-electron chi connectivity index (χ2n) is 7.74. The zero-order chi connectivity index (χ0) is 22.6. The number of anilines is 1. The third kappa shape index (κ3) is 5.60. The van der Waals surface area contributed by atoms with Crippen LogP contribution in [0.5, 0.6) is 0 Å². The molecule has 10 nitrogen and oxygen atoms in total. The molecular formula is C20H27N3O7S. The Labute approximate surface area is 181 Å². The number of ether oxygens (including phenoxy) is 2. The average molecular weight is 454 g/mol. The number of nitrogens with zero attached hydrogens (tertiary/aromatic N) is 2. The minimum atomic E-state index is -3.69. The van der Waals surface area contributed by atoms with Crippen LogP contribution < -0.4 is 5.32 Å². The summed E-state index contributed by atoms with van der Waals surface area (Å²) < 4.78 is 37.1. The second kappa shape index (κ2) is 9.75. The number of carbonyl (C=O) groups excluding carboxylic acids is 3. The lowest BCUT2D eigenvalue weighted by atomic mass is 10.1. The van der Waals surface area contributed by atoms with Gasteiger partial charge in [0, 0.05) is 37.8 Å². The molecule has 0 saturated carbocycles. The van der Waals surface area contributed by atoms with E-state index in [0.717, 1.165) is 0 Å². The van der Waals surface area contributed by atoms with Crippen LogP contribution in [0.1, 0.15) is 20.3 Å². The smallest absolute Gasteiger partial charge is 0.311 e. The topological polar surface area (TPSA) is 122 Å². The van der Waals surface area contributed by atoms with Crippen LogP contribution >= 0.6 is 0 Å². The fourth-order valence-corrected chi connectivity index (χ4v) is 4.96.